The molecule has 1 aliphatic rings. The van der Waals surface area contributed by atoms with Crippen molar-refractivity contribution in [2.45, 2.75) is 50.7 Å². The maximum atomic E-state index is 12.4. The first-order valence-electron chi connectivity index (χ1n) is 11.9. The molecule has 0 saturated carbocycles. The summed E-state index contributed by atoms with van der Waals surface area (Å²) in [6.07, 6.45) is 3.76. The van der Waals surface area contributed by atoms with Crippen LogP contribution in [-0.4, -0.2) is 62.1 Å². The number of amides is 1. The van der Waals surface area contributed by atoms with Gasteiger partial charge in [0.25, 0.3) is 0 Å². The number of aryl methyl sites for hydroxylation is 2. The molecule has 1 heterocycles. The molecule has 1 amide bonds. The average Bonchev–Trinajstić information content (AvgIpc) is 2.83. The Morgan fingerprint density at radius 2 is 1.64 bits per heavy atom. The zero-order valence-corrected chi connectivity index (χ0v) is 21.5. The fraction of sp³-hybridized carbons (Fsp3) is 0.462. The van der Waals surface area contributed by atoms with Crippen LogP contribution in [0.25, 0.3) is 0 Å². The topological polar surface area (TPSA) is 133 Å². The molecule has 196 valence electrons. The van der Waals surface area contributed by atoms with E-state index in [1.807, 2.05) is 48.5 Å². The Kier molecular flexibility index (Phi) is 9.24. The lowest BCUT2D eigenvalue weighted by atomic mass is 9.90. The van der Waals surface area contributed by atoms with Gasteiger partial charge in [-0.2, -0.15) is 0 Å². The fourth-order valence-electron chi connectivity index (χ4n) is 4.29. The van der Waals surface area contributed by atoms with Gasteiger partial charge in [-0.25, -0.2) is 13.1 Å². The van der Waals surface area contributed by atoms with Gasteiger partial charge in [0.1, 0.15) is 0 Å². The zero-order chi connectivity index (χ0) is 26.3. The largest absolute Gasteiger partial charge is 0.454 e. The van der Waals surface area contributed by atoms with Gasteiger partial charge in [-0.1, -0.05) is 36.4 Å². The van der Waals surface area contributed by atoms with Gasteiger partial charge in [-0.3, -0.25) is 9.59 Å². The van der Waals surface area contributed by atoms with Crippen LogP contribution >= 0.6 is 0 Å². The van der Waals surface area contributed by atoms with E-state index in [1.165, 1.54) is 6.92 Å². The lowest BCUT2D eigenvalue weighted by molar-refractivity contribution is -0.168. The second kappa shape index (κ2) is 12.0. The highest BCUT2D eigenvalue weighted by molar-refractivity contribution is 7.88. The van der Waals surface area contributed by atoms with E-state index >= 15 is 0 Å². The van der Waals surface area contributed by atoms with Gasteiger partial charge < -0.3 is 19.8 Å². The third-order valence-corrected chi connectivity index (χ3v) is 7.07. The summed E-state index contributed by atoms with van der Waals surface area (Å²) in [6.45, 7) is 0.703. The number of benzene rings is 2. The Balaban J connectivity index is 1.59. The number of hydrogen-bond acceptors (Lipinski definition) is 7. The van der Waals surface area contributed by atoms with Gasteiger partial charge in [-0.05, 0) is 54.5 Å². The molecule has 10 heteroatoms. The first kappa shape index (κ1) is 27.8. The van der Waals surface area contributed by atoms with E-state index in [-0.39, 0.29) is 18.4 Å². The second-order valence-corrected chi connectivity index (χ2v) is 11.1. The van der Waals surface area contributed by atoms with Gasteiger partial charge in [0.15, 0.2) is 5.60 Å². The highest BCUT2D eigenvalue weighted by atomic mass is 32.2. The van der Waals surface area contributed by atoms with Crippen LogP contribution in [0, 0.1) is 0 Å². The van der Waals surface area contributed by atoms with Gasteiger partial charge in [0.2, 0.25) is 15.9 Å². The fourth-order valence-corrected chi connectivity index (χ4v) is 4.80. The lowest BCUT2D eigenvalue weighted by Gasteiger charge is -2.41. The van der Waals surface area contributed by atoms with Crippen molar-refractivity contribution in [2.75, 3.05) is 30.9 Å². The number of hydrogen-bond donors (Lipinski definition) is 3. The Labute approximate surface area is 212 Å². The summed E-state index contributed by atoms with van der Waals surface area (Å²) < 4.78 is 29.9. The van der Waals surface area contributed by atoms with E-state index in [1.54, 1.807) is 4.90 Å². The highest BCUT2D eigenvalue weighted by Crippen LogP contribution is 2.39. The molecule has 0 bridgehead atoms. The summed E-state index contributed by atoms with van der Waals surface area (Å²) in [5.41, 5.74) is 2.54. The first-order valence-corrected chi connectivity index (χ1v) is 13.8. The molecule has 2 aromatic rings. The molecule has 1 atom stereocenters. The quantitative estimate of drug-likeness (QED) is 0.209. The summed E-state index contributed by atoms with van der Waals surface area (Å²) in [4.78, 5) is 25.5. The molecule has 0 radical (unpaired) electrons. The number of aliphatic hydroxyl groups excluding tert-OH is 2. The summed E-state index contributed by atoms with van der Waals surface area (Å²) in [5.74, 6) is -0.508. The number of anilines is 1. The first-order chi connectivity index (χ1) is 17.1. The third kappa shape index (κ3) is 7.36. The van der Waals surface area contributed by atoms with Crippen molar-refractivity contribution in [3.63, 3.8) is 0 Å². The lowest BCUT2D eigenvalue weighted by Crippen LogP contribution is -2.46. The molecule has 0 aliphatic carbocycles. The van der Waals surface area contributed by atoms with E-state index in [2.05, 4.69) is 4.72 Å². The molecule has 1 saturated heterocycles. The van der Waals surface area contributed by atoms with Crippen molar-refractivity contribution in [1.82, 2.24) is 4.72 Å². The molecule has 3 rings (SSSR count). The molecule has 3 N–H and O–H groups in total. The molecular formula is C26H34N2O7S. The van der Waals surface area contributed by atoms with Crippen molar-refractivity contribution in [1.29, 1.82) is 0 Å². The van der Waals surface area contributed by atoms with Crippen LogP contribution in [0.1, 0.15) is 48.9 Å². The minimum Gasteiger partial charge on any atom is -0.454 e. The Morgan fingerprint density at radius 3 is 2.17 bits per heavy atom. The van der Waals surface area contributed by atoms with Crippen LogP contribution in [0.3, 0.4) is 0 Å². The second-order valence-electron chi connectivity index (χ2n) is 9.25. The number of β-lactam (4-membered cyclic amide) rings is 1. The van der Waals surface area contributed by atoms with Gasteiger partial charge in [0.05, 0.1) is 31.9 Å². The number of nitrogens with zero attached hydrogens (tertiary/aromatic N) is 1. The zero-order valence-electron chi connectivity index (χ0n) is 20.6. The van der Waals surface area contributed by atoms with Crippen LogP contribution in [0.2, 0.25) is 0 Å². The predicted octanol–water partition coefficient (Wildman–Crippen LogP) is 1.87. The average molecular weight is 519 g/mol. The number of nitrogens with one attached hydrogen (secondary N) is 1. The van der Waals surface area contributed by atoms with E-state index in [9.17, 15) is 28.2 Å². The SMILES string of the molecule is CC(=O)OC(CO)(CO)CCc1ccc(C2CC(=O)N2c2ccc(CCCNS(C)(=O)=O)cc2)cc1. The van der Waals surface area contributed by atoms with E-state index in [4.69, 9.17) is 4.74 Å². The monoisotopic (exact) mass is 518 g/mol. The van der Waals surface area contributed by atoms with Crippen LogP contribution in [0.5, 0.6) is 0 Å². The maximum absolute atomic E-state index is 12.4. The number of aliphatic hydroxyl groups is 2. The summed E-state index contributed by atoms with van der Waals surface area (Å²) in [7, 11) is -3.18. The maximum Gasteiger partial charge on any atom is 0.303 e. The number of carbonyl (C=O) groups excluding carboxylic acids is 2. The Morgan fingerprint density at radius 1 is 1.06 bits per heavy atom. The molecule has 2 aromatic carbocycles. The van der Waals surface area contributed by atoms with Crippen LogP contribution in [0.4, 0.5) is 5.69 Å². The predicted molar refractivity (Wildman–Crippen MR) is 136 cm³/mol. The molecule has 1 aliphatic heterocycles. The van der Waals surface area contributed by atoms with Gasteiger partial charge in [0, 0.05) is 19.2 Å². The minimum atomic E-state index is -3.18. The van der Waals surface area contributed by atoms with E-state index in [0.717, 1.165) is 35.1 Å². The smallest absolute Gasteiger partial charge is 0.303 e. The van der Waals surface area contributed by atoms with Crippen molar-refractivity contribution in [2.24, 2.45) is 0 Å². The molecule has 1 unspecified atom stereocenters. The van der Waals surface area contributed by atoms with E-state index in [0.29, 0.717) is 25.8 Å². The highest BCUT2D eigenvalue weighted by Gasteiger charge is 2.38. The minimum absolute atomic E-state index is 0.0474. The number of sulfonamides is 1. The Bertz CT molecular complexity index is 1140. The van der Waals surface area contributed by atoms with E-state index < -0.39 is 34.8 Å². The summed E-state index contributed by atoms with van der Waals surface area (Å²) in [5, 5.41) is 19.2. The third-order valence-electron chi connectivity index (χ3n) is 6.34. The molecule has 1 fully saturated rings. The Hall–Kier alpha value is -2.79. The molecule has 9 nitrogen and oxygen atoms in total. The molecule has 0 spiro atoms. The van der Waals surface area contributed by atoms with Crippen LogP contribution < -0.4 is 9.62 Å². The summed E-state index contributed by atoms with van der Waals surface area (Å²) in [6, 6.07) is 15.5. The number of rotatable bonds is 13. The molecule has 0 aromatic heterocycles. The van der Waals surface area contributed by atoms with Crippen LogP contribution in [-0.2, 0) is 37.2 Å². The van der Waals surface area contributed by atoms with Crippen molar-refractivity contribution in [3.8, 4) is 0 Å². The number of ether oxygens (including phenoxy) is 1. The summed E-state index contributed by atoms with van der Waals surface area (Å²) >= 11 is 0. The van der Waals surface area contributed by atoms with Crippen molar-refractivity contribution < 1.29 is 33.0 Å². The molecular weight excluding hydrogens is 484 g/mol. The normalized spacial score (nSPS) is 16.1. The molecule has 36 heavy (non-hydrogen) atoms. The van der Waals surface area contributed by atoms with Crippen LogP contribution in [0.15, 0.2) is 48.5 Å². The van der Waals surface area contributed by atoms with Gasteiger partial charge in [-0.15, -0.1) is 0 Å². The van der Waals surface area contributed by atoms with Gasteiger partial charge >= 0.3 is 5.97 Å². The standard InChI is InChI=1S/C26H34N2O7S/c1-19(31)35-26(17-29,18-30)14-13-21-5-9-22(10-6-21)24-16-25(32)28(24)23-11-7-20(8-12-23)4-3-15-27-36(2,33)34/h5-12,24,27,29-30H,3-4,13-18H2,1-2H3. The number of esters is 1. The van der Waals surface area contributed by atoms with Crippen molar-refractivity contribution in [3.05, 3.63) is 65.2 Å². The van der Waals surface area contributed by atoms with Crippen molar-refractivity contribution >= 4 is 27.6 Å². The number of carbonyl (C=O) groups is 2.